The van der Waals surface area contributed by atoms with Crippen molar-refractivity contribution < 1.29 is 9.18 Å². The summed E-state index contributed by atoms with van der Waals surface area (Å²) in [5.41, 5.74) is 3.05. The number of amides is 1. The fourth-order valence-electron chi connectivity index (χ4n) is 4.60. The molecule has 3 heterocycles. The van der Waals surface area contributed by atoms with Gasteiger partial charge in [-0.3, -0.25) is 4.79 Å². The van der Waals surface area contributed by atoms with Gasteiger partial charge in [0.05, 0.1) is 16.8 Å². The summed E-state index contributed by atoms with van der Waals surface area (Å²) < 4.78 is 15.3. The van der Waals surface area contributed by atoms with Crippen LogP contribution in [0.5, 0.6) is 0 Å². The third-order valence-corrected chi connectivity index (χ3v) is 6.91. The molecule has 2 aromatic heterocycles. The predicted molar refractivity (Wildman–Crippen MR) is 139 cm³/mol. The van der Waals surface area contributed by atoms with Crippen LogP contribution < -0.4 is 4.90 Å². The Bertz CT molecular complexity index is 1370. The van der Waals surface area contributed by atoms with Gasteiger partial charge in [0.25, 0.3) is 0 Å². The van der Waals surface area contributed by atoms with E-state index in [1.54, 1.807) is 16.8 Å². The second-order valence-corrected chi connectivity index (χ2v) is 9.41. The number of carbonyl (C=O) groups is 1. The van der Waals surface area contributed by atoms with Gasteiger partial charge in [-0.2, -0.15) is 5.10 Å². The van der Waals surface area contributed by atoms with E-state index in [2.05, 4.69) is 11.8 Å². The first-order chi connectivity index (χ1) is 17.5. The van der Waals surface area contributed by atoms with Crippen molar-refractivity contribution in [2.45, 2.75) is 32.1 Å². The number of fused-ring (bicyclic) bond motifs is 1. The maximum atomic E-state index is 13.5. The van der Waals surface area contributed by atoms with Crippen molar-refractivity contribution >= 4 is 34.4 Å². The van der Waals surface area contributed by atoms with Crippen molar-refractivity contribution in [1.29, 1.82) is 0 Å². The third-order valence-electron chi connectivity index (χ3n) is 6.47. The maximum absolute atomic E-state index is 13.5. The molecule has 2 aromatic carbocycles. The number of carbonyl (C=O) groups excluding carboxylic acids is 1. The molecule has 36 heavy (non-hydrogen) atoms. The number of hydrogen-bond acceptors (Lipinski definition) is 5. The molecule has 186 valence electrons. The van der Waals surface area contributed by atoms with E-state index in [-0.39, 0.29) is 11.7 Å². The molecule has 5 rings (SSSR count). The Morgan fingerprint density at radius 3 is 2.39 bits per heavy atom. The lowest BCUT2D eigenvalue weighted by atomic mass is 10.1. The van der Waals surface area contributed by atoms with Crippen LogP contribution in [0.25, 0.3) is 16.7 Å². The highest BCUT2D eigenvalue weighted by Crippen LogP contribution is 2.31. The molecule has 0 radical (unpaired) electrons. The van der Waals surface area contributed by atoms with Crippen molar-refractivity contribution in [2.75, 3.05) is 31.1 Å². The van der Waals surface area contributed by atoms with Gasteiger partial charge in [-0.1, -0.05) is 37.3 Å². The number of halogens is 2. The second-order valence-electron chi connectivity index (χ2n) is 8.97. The van der Waals surface area contributed by atoms with E-state index in [0.29, 0.717) is 31.8 Å². The SMILES string of the molecule is CCCc1nc(N2CCN(C(=O)C(Cl)c3ccccc3)CC2)c2c(C)nn(-c3ccc(F)cc3)c2n1. The van der Waals surface area contributed by atoms with E-state index in [0.717, 1.165) is 46.8 Å². The van der Waals surface area contributed by atoms with E-state index in [4.69, 9.17) is 26.7 Å². The fraction of sp³-hybridized carbons (Fsp3) is 0.333. The Hall–Kier alpha value is -3.52. The van der Waals surface area contributed by atoms with E-state index >= 15 is 0 Å². The van der Waals surface area contributed by atoms with Crippen LogP contribution >= 0.6 is 11.6 Å². The van der Waals surface area contributed by atoms with Crippen LogP contribution in [-0.4, -0.2) is 56.7 Å². The molecule has 7 nitrogen and oxygen atoms in total. The number of aromatic nitrogens is 4. The zero-order chi connectivity index (χ0) is 25.2. The Morgan fingerprint density at radius 1 is 1.03 bits per heavy atom. The Morgan fingerprint density at radius 2 is 1.72 bits per heavy atom. The number of anilines is 1. The third kappa shape index (κ3) is 4.65. The largest absolute Gasteiger partial charge is 0.352 e. The summed E-state index contributed by atoms with van der Waals surface area (Å²) in [6, 6.07) is 15.7. The maximum Gasteiger partial charge on any atom is 0.245 e. The molecule has 1 atom stereocenters. The average Bonchev–Trinajstić information content (AvgIpc) is 3.24. The summed E-state index contributed by atoms with van der Waals surface area (Å²) >= 11 is 6.51. The first kappa shape index (κ1) is 24.2. The fourth-order valence-corrected chi connectivity index (χ4v) is 4.88. The van der Waals surface area contributed by atoms with Gasteiger partial charge >= 0.3 is 0 Å². The second kappa shape index (κ2) is 10.2. The van der Waals surface area contributed by atoms with E-state index in [1.165, 1.54) is 12.1 Å². The van der Waals surface area contributed by atoms with Crippen LogP contribution in [0, 0.1) is 12.7 Å². The smallest absolute Gasteiger partial charge is 0.245 e. The lowest BCUT2D eigenvalue weighted by Gasteiger charge is -2.36. The zero-order valence-corrected chi connectivity index (χ0v) is 21.1. The van der Waals surface area contributed by atoms with Crippen LogP contribution in [0.15, 0.2) is 54.6 Å². The van der Waals surface area contributed by atoms with Crippen LogP contribution in [0.1, 0.15) is 35.8 Å². The van der Waals surface area contributed by atoms with Crippen molar-refractivity contribution in [3.8, 4) is 5.69 Å². The van der Waals surface area contributed by atoms with Crippen molar-refractivity contribution in [3.05, 3.63) is 77.5 Å². The van der Waals surface area contributed by atoms with E-state index in [1.807, 2.05) is 42.2 Å². The molecule has 0 aliphatic carbocycles. The number of aryl methyl sites for hydroxylation is 2. The molecule has 0 saturated carbocycles. The summed E-state index contributed by atoms with van der Waals surface area (Å²) in [5.74, 6) is 1.19. The highest BCUT2D eigenvalue weighted by atomic mass is 35.5. The standard InChI is InChI=1S/C27H28ClFN6O/c1-3-7-22-30-25(23-18(2)32-35(26(23)31-22)21-12-10-20(29)11-13-21)33-14-16-34(17-15-33)27(36)24(28)19-8-5-4-6-9-19/h4-6,8-13,24H,3,7,14-17H2,1-2H3. The van der Waals surface area contributed by atoms with Crippen molar-refractivity contribution in [1.82, 2.24) is 24.6 Å². The van der Waals surface area contributed by atoms with Gasteiger partial charge in [0, 0.05) is 32.6 Å². The molecule has 1 amide bonds. The number of piperazine rings is 1. The number of rotatable bonds is 6. The van der Waals surface area contributed by atoms with Crippen molar-refractivity contribution in [2.24, 2.45) is 0 Å². The molecule has 1 aliphatic heterocycles. The monoisotopic (exact) mass is 506 g/mol. The first-order valence-corrected chi connectivity index (χ1v) is 12.6. The number of hydrogen-bond donors (Lipinski definition) is 0. The first-order valence-electron chi connectivity index (χ1n) is 12.2. The van der Waals surface area contributed by atoms with Gasteiger partial charge in [-0.05, 0) is 43.2 Å². The molecule has 1 saturated heterocycles. The van der Waals surface area contributed by atoms with Gasteiger partial charge in [-0.25, -0.2) is 19.0 Å². The van der Waals surface area contributed by atoms with Crippen molar-refractivity contribution in [3.63, 3.8) is 0 Å². The number of nitrogens with zero attached hydrogens (tertiary/aromatic N) is 6. The molecule has 1 fully saturated rings. The number of alkyl halides is 1. The Kier molecular flexibility index (Phi) is 6.87. The molecule has 0 bridgehead atoms. The lowest BCUT2D eigenvalue weighted by molar-refractivity contribution is -0.131. The average molecular weight is 507 g/mol. The molecule has 9 heteroatoms. The molecule has 1 unspecified atom stereocenters. The molecule has 0 spiro atoms. The van der Waals surface area contributed by atoms with Crippen LogP contribution in [0.2, 0.25) is 0 Å². The van der Waals surface area contributed by atoms with Gasteiger partial charge in [0.1, 0.15) is 22.8 Å². The minimum atomic E-state index is -0.698. The van der Waals surface area contributed by atoms with Crippen LogP contribution in [0.3, 0.4) is 0 Å². The van der Waals surface area contributed by atoms with Gasteiger partial charge in [0.15, 0.2) is 5.65 Å². The highest BCUT2D eigenvalue weighted by molar-refractivity contribution is 6.30. The molecular weight excluding hydrogens is 479 g/mol. The summed E-state index contributed by atoms with van der Waals surface area (Å²) in [4.78, 5) is 26.8. The lowest BCUT2D eigenvalue weighted by Crippen LogP contribution is -2.50. The quantitative estimate of drug-likeness (QED) is 0.350. The minimum Gasteiger partial charge on any atom is -0.352 e. The van der Waals surface area contributed by atoms with Crippen LogP contribution in [-0.2, 0) is 11.2 Å². The van der Waals surface area contributed by atoms with Gasteiger partial charge in [0.2, 0.25) is 5.91 Å². The summed E-state index contributed by atoms with van der Waals surface area (Å²) in [6.07, 6.45) is 1.65. The van der Waals surface area contributed by atoms with Gasteiger partial charge < -0.3 is 9.80 Å². The molecule has 1 aliphatic rings. The van der Waals surface area contributed by atoms with E-state index in [9.17, 15) is 9.18 Å². The number of benzene rings is 2. The summed E-state index contributed by atoms with van der Waals surface area (Å²) in [7, 11) is 0. The summed E-state index contributed by atoms with van der Waals surface area (Å²) in [6.45, 7) is 6.39. The topological polar surface area (TPSA) is 67.2 Å². The Labute approximate surface area is 214 Å². The zero-order valence-electron chi connectivity index (χ0n) is 20.4. The highest BCUT2D eigenvalue weighted by Gasteiger charge is 2.29. The Balaban J connectivity index is 1.44. The molecular formula is C27H28ClFN6O. The van der Waals surface area contributed by atoms with Gasteiger partial charge in [-0.15, -0.1) is 11.6 Å². The minimum absolute atomic E-state index is 0.0812. The molecule has 4 aromatic rings. The summed E-state index contributed by atoms with van der Waals surface area (Å²) in [5, 5.41) is 4.90. The normalized spacial score (nSPS) is 14.9. The predicted octanol–water partition coefficient (Wildman–Crippen LogP) is 4.84. The van der Waals surface area contributed by atoms with E-state index < -0.39 is 5.38 Å². The van der Waals surface area contributed by atoms with Crippen LogP contribution in [0.4, 0.5) is 10.2 Å². The molecule has 0 N–H and O–H groups in total.